The fourth-order valence-electron chi connectivity index (χ4n) is 6.71. The predicted molar refractivity (Wildman–Crippen MR) is 170 cm³/mol. The summed E-state index contributed by atoms with van der Waals surface area (Å²) in [6.45, 7) is 11.4. The first-order valence-electron chi connectivity index (χ1n) is 14.8. The molecule has 5 heterocycles. The molecule has 0 saturated heterocycles. The van der Waals surface area contributed by atoms with Gasteiger partial charge in [-0.05, 0) is 61.6 Å². The molecule has 3 atom stereocenters. The molecule has 6 N–H and O–H groups in total. The Kier molecular flexibility index (Phi) is 8.38. The van der Waals surface area contributed by atoms with Gasteiger partial charge in [0.25, 0.3) is 0 Å². The Morgan fingerprint density at radius 3 is 2.36 bits per heavy atom. The summed E-state index contributed by atoms with van der Waals surface area (Å²) in [5, 5.41) is 33.8. The van der Waals surface area contributed by atoms with Crippen molar-refractivity contribution in [1.82, 2.24) is 15.3 Å². The number of nitrogens with one attached hydrogen (secondary N) is 3. The number of allylic oxidation sites excluding steroid dienone is 3. The van der Waals surface area contributed by atoms with Gasteiger partial charge in [-0.1, -0.05) is 26.5 Å². The van der Waals surface area contributed by atoms with E-state index in [9.17, 15) is 34.5 Å². The number of hydrogen-bond donors (Lipinski definition) is 6. The van der Waals surface area contributed by atoms with Gasteiger partial charge in [0, 0.05) is 63.2 Å². The van der Waals surface area contributed by atoms with Gasteiger partial charge in [-0.15, -0.1) is 0 Å². The van der Waals surface area contributed by atoms with Gasteiger partial charge in [-0.25, -0.2) is 4.79 Å². The van der Waals surface area contributed by atoms with Gasteiger partial charge in [0.1, 0.15) is 6.29 Å². The maximum Gasteiger partial charge on any atom is 0.338 e. The maximum atomic E-state index is 12.7. The zero-order valence-electron chi connectivity index (χ0n) is 25.6. The Bertz CT molecular complexity index is 1910. The number of aromatic carboxylic acids is 1. The van der Waals surface area contributed by atoms with E-state index in [0.717, 1.165) is 34.4 Å². The lowest BCUT2D eigenvalue weighted by atomic mass is 9.82. The van der Waals surface area contributed by atoms with E-state index in [0.29, 0.717) is 40.1 Å². The van der Waals surface area contributed by atoms with Crippen LogP contribution in [0.15, 0.2) is 34.2 Å². The Balaban J connectivity index is 1.95. The van der Waals surface area contributed by atoms with E-state index in [1.165, 1.54) is 0 Å². The minimum absolute atomic E-state index is 0.0917. The van der Waals surface area contributed by atoms with Crippen LogP contribution in [-0.4, -0.2) is 55.2 Å². The number of aliphatic imine (C=N–C) groups is 1. The van der Waals surface area contributed by atoms with Crippen LogP contribution in [0.3, 0.4) is 0 Å². The Hall–Kier alpha value is -5.19. The topological polar surface area (TPSA) is 185 Å². The van der Waals surface area contributed by atoms with Crippen molar-refractivity contribution in [1.29, 1.82) is 0 Å². The van der Waals surface area contributed by atoms with Gasteiger partial charge in [0.05, 0.1) is 29.0 Å². The van der Waals surface area contributed by atoms with Gasteiger partial charge in [0.15, 0.2) is 0 Å². The second-order valence-electron chi connectivity index (χ2n) is 11.6. The Morgan fingerprint density at radius 1 is 1.02 bits per heavy atom. The second kappa shape index (κ2) is 12.1. The largest absolute Gasteiger partial charge is 0.481 e. The summed E-state index contributed by atoms with van der Waals surface area (Å²) < 4.78 is 0. The van der Waals surface area contributed by atoms with Crippen LogP contribution < -0.4 is 16.0 Å². The summed E-state index contributed by atoms with van der Waals surface area (Å²) in [7, 11) is 0. The monoisotopic (exact) mass is 612 g/mol. The van der Waals surface area contributed by atoms with Crippen molar-refractivity contribution in [2.45, 2.75) is 53.4 Å². The van der Waals surface area contributed by atoms with Crippen molar-refractivity contribution in [3.63, 3.8) is 0 Å². The van der Waals surface area contributed by atoms with Crippen LogP contribution in [0.5, 0.6) is 0 Å². The molecule has 0 aromatic carbocycles. The van der Waals surface area contributed by atoms with Crippen molar-refractivity contribution < 1.29 is 34.5 Å². The third kappa shape index (κ3) is 5.50. The van der Waals surface area contributed by atoms with E-state index in [1.807, 2.05) is 32.9 Å². The van der Waals surface area contributed by atoms with Crippen LogP contribution in [0.25, 0.3) is 29.9 Å². The van der Waals surface area contributed by atoms with Crippen molar-refractivity contribution in [2.75, 3.05) is 0 Å². The molecule has 8 bridgehead atoms. The SMILES string of the molecule is C=Cc1c2[nH]c(c1C)C=C1N=C(C(CC(=O)O)=c3[nH]c(c(C)c3C(=O)O)=CC3=C(CC)C(C=O)C(=C2)N3)C(CCC(=O)O)C1C. The number of carbonyl (C=O) groups excluding carboxylic acids is 1. The van der Waals surface area contributed by atoms with E-state index in [2.05, 4.69) is 21.9 Å². The fraction of sp³-hybridized carbons (Fsp3) is 0.324. The molecule has 11 nitrogen and oxygen atoms in total. The van der Waals surface area contributed by atoms with Gasteiger partial charge in [0.2, 0.25) is 0 Å². The number of nitrogens with zero attached hydrogens (tertiary/aromatic N) is 1. The van der Waals surface area contributed by atoms with Crippen LogP contribution in [-0.2, 0) is 14.4 Å². The molecule has 3 aliphatic heterocycles. The number of aromatic nitrogens is 2. The second-order valence-corrected chi connectivity index (χ2v) is 11.6. The molecular weight excluding hydrogens is 576 g/mol. The lowest BCUT2D eigenvalue weighted by molar-refractivity contribution is -0.137. The van der Waals surface area contributed by atoms with Crippen molar-refractivity contribution in [2.24, 2.45) is 22.7 Å². The van der Waals surface area contributed by atoms with Crippen molar-refractivity contribution in [3.05, 3.63) is 73.6 Å². The highest BCUT2D eigenvalue weighted by Crippen LogP contribution is 2.39. The highest BCUT2D eigenvalue weighted by atomic mass is 16.4. The highest BCUT2D eigenvalue weighted by Gasteiger charge is 2.36. The number of aromatic amines is 2. The van der Waals surface area contributed by atoms with Crippen molar-refractivity contribution >= 4 is 59.8 Å². The number of rotatable bonds is 9. The van der Waals surface area contributed by atoms with Crippen LogP contribution in [0.4, 0.5) is 0 Å². The van der Waals surface area contributed by atoms with Gasteiger partial charge < -0.3 is 35.4 Å². The van der Waals surface area contributed by atoms with Gasteiger partial charge in [-0.2, -0.15) is 0 Å². The normalized spacial score (nSPS) is 20.6. The van der Waals surface area contributed by atoms with E-state index < -0.39 is 36.2 Å². The number of aliphatic carboxylic acids is 2. The van der Waals surface area contributed by atoms with Crippen LogP contribution >= 0.6 is 0 Å². The van der Waals surface area contributed by atoms with E-state index in [1.54, 1.807) is 19.1 Å². The lowest BCUT2D eigenvalue weighted by Crippen LogP contribution is -2.28. The smallest absolute Gasteiger partial charge is 0.338 e. The number of aldehydes is 1. The summed E-state index contributed by atoms with van der Waals surface area (Å²) in [5.41, 5.74) is 6.72. The number of carbonyl (C=O) groups is 4. The average Bonchev–Trinajstić information content (AvgIpc) is 3.67. The predicted octanol–water partition coefficient (Wildman–Crippen LogP) is 3.76. The molecule has 5 rings (SSSR count). The number of hydrogen-bond acceptors (Lipinski definition) is 6. The molecule has 0 aliphatic carbocycles. The number of carboxylic acid groups (broad SMARTS) is 3. The van der Waals surface area contributed by atoms with Crippen LogP contribution in [0, 0.1) is 31.6 Å². The molecule has 3 unspecified atom stereocenters. The third-order valence-electron chi connectivity index (χ3n) is 9.09. The quantitative estimate of drug-likeness (QED) is 0.231. The molecular formula is C34H36N4O7. The van der Waals surface area contributed by atoms with E-state index >= 15 is 0 Å². The number of fused-ring (bicyclic) bond motifs is 7. The standard InChI is InChI=1S/C34H36N4O7/c1-6-18-15(3)23-11-24-16(4)20(8-9-29(40)41)32(37-24)21(10-30(42)43)33-31(34(44)45)17(5)25(38-33)12-27-19(7-2)22(14-39)28(36-27)13-26(18)35-23/h6,11-14,16,20,22,35-36,38H,1,7-10H2,2-5H3,(H,40,41)(H,42,43)(H,44,45). The minimum Gasteiger partial charge on any atom is -0.481 e. The summed E-state index contributed by atoms with van der Waals surface area (Å²) >= 11 is 0. The molecule has 234 valence electrons. The Labute approximate surface area is 259 Å². The first-order chi connectivity index (χ1) is 21.4. The average molecular weight is 613 g/mol. The van der Waals surface area contributed by atoms with Gasteiger partial charge in [-0.3, -0.25) is 14.6 Å². The van der Waals surface area contributed by atoms with E-state index in [4.69, 9.17) is 4.99 Å². The first-order valence-corrected chi connectivity index (χ1v) is 14.8. The zero-order valence-corrected chi connectivity index (χ0v) is 25.6. The summed E-state index contributed by atoms with van der Waals surface area (Å²) in [4.78, 5) is 60.5. The lowest BCUT2D eigenvalue weighted by Gasteiger charge is -2.19. The summed E-state index contributed by atoms with van der Waals surface area (Å²) in [5.74, 6) is -4.77. The third-order valence-corrected chi connectivity index (χ3v) is 9.09. The van der Waals surface area contributed by atoms with E-state index in [-0.39, 0.29) is 35.2 Å². The molecule has 2 aromatic heterocycles. The molecule has 0 saturated carbocycles. The first kappa shape index (κ1) is 31.2. The fourth-order valence-corrected chi connectivity index (χ4v) is 6.71. The maximum absolute atomic E-state index is 12.7. The minimum atomic E-state index is -1.25. The molecule has 0 radical (unpaired) electrons. The molecule has 2 aromatic rings. The number of H-pyrrole nitrogens is 2. The molecule has 3 aliphatic rings. The molecule has 0 spiro atoms. The Morgan fingerprint density at radius 2 is 1.76 bits per heavy atom. The molecule has 0 fully saturated rings. The van der Waals surface area contributed by atoms with Crippen LogP contribution in [0.1, 0.15) is 78.0 Å². The van der Waals surface area contributed by atoms with Crippen molar-refractivity contribution in [3.8, 4) is 0 Å². The number of carboxylic acids is 3. The zero-order chi connectivity index (χ0) is 32.7. The van der Waals surface area contributed by atoms with Gasteiger partial charge >= 0.3 is 17.9 Å². The molecule has 0 amide bonds. The van der Waals surface area contributed by atoms with Crippen LogP contribution in [0.2, 0.25) is 0 Å². The summed E-state index contributed by atoms with van der Waals surface area (Å²) in [6.07, 6.45) is 8.12. The highest BCUT2D eigenvalue weighted by molar-refractivity contribution is 6.24. The summed E-state index contributed by atoms with van der Waals surface area (Å²) in [6, 6.07) is 0. The molecule has 11 heteroatoms. The molecule has 45 heavy (non-hydrogen) atoms.